The van der Waals surface area contributed by atoms with E-state index in [1.54, 1.807) is 60.7 Å². The Kier molecular flexibility index (Phi) is 8.50. The molecule has 0 bridgehead atoms. The van der Waals surface area contributed by atoms with Crippen molar-refractivity contribution in [2.75, 3.05) is 6.26 Å². The van der Waals surface area contributed by atoms with Crippen molar-refractivity contribution in [2.24, 2.45) is 9.88 Å². The van der Waals surface area contributed by atoms with Crippen LogP contribution in [-0.4, -0.2) is 20.8 Å². The minimum atomic E-state index is -3.22. The van der Waals surface area contributed by atoms with E-state index in [1.165, 1.54) is 18.2 Å². The first-order chi connectivity index (χ1) is 14.8. The molecule has 10 heteroatoms. The van der Waals surface area contributed by atoms with E-state index in [0.29, 0.717) is 10.6 Å². The highest BCUT2D eigenvalue weighted by Crippen LogP contribution is 2.44. The van der Waals surface area contributed by atoms with Crippen LogP contribution >= 0.6 is 7.29 Å². The van der Waals surface area contributed by atoms with Gasteiger partial charge in [0.05, 0.1) is 11.4 Å². The van der Waals surface area contributed by atoms with Crippen LogP contribution in [-0.2, 0) is 25.7 Å². The second kappa shape index (κ2) is 11.1. The zero-order valence-electron chi connectivity index (χ0n) is 16.6. The van der Waals surface area contributed by atoms with Gasteiger partial charge in [0.2, 0.25) is 13.4 Å². The van der Waals surface area contributed by atoms with Crippen molar-refractivity contribution in [3.05, 3.63) is 101 Å². The van der Waals surface area contributed by atoms with Crippen molar-refractivity contribution in [3.63, 3.8) is 0 Å². The fraction of sp³-hybridized carbons (Fsp3) is 0.0952. The van der Waals surface area contributed by atoms with Crippen LogP contribution in [0, 0.1) is 0 Å². The number of benzene rings is 3. The molecule has 31 heavy (non-hydrogen) atoms. The minimum Gasteiger partial charge on any atom is -0.307 e. The molecule has 0 amide bonds. The topological polar surface area (TPSA) is 129 Å². The second-order valence-corrected chi connectivity index (χ2v) is 10.6. The van der Waals surface area contributed by atoms with E-state index in [1.807, 2.05) is 12.1 Å². The Hall–Kier alpha value is -3.47. The Labute approximate surface area is 180 Å². The van der Waals surface area contributed by atoms with E-state index < -0.39 is 17.1 Å². The van der Waals surface area contributed by atoms with Crippen molar-refractivity contribution in [1.82, 2.24) is 0 Å². The van der Waals surface area contributed by atoms with Crippen molar-refractivity contribution in [2.45, 2.75) is 11.4 Å². The number of azide groups is 1. The van der Waals surface area contributed by atoms with E-state index in [-0.39, 0.29) is 11.4 Å². The zero-order valence-corrected chi connectivity index (χ0v) is 18.3. The highest BCUT2D eigenvalue weighted by molar-refractivity contribution is 7.90. The molecule has 0 aliphatic rings. The van der Waals surface area contributed by atoms with Crippen molar-refractivity contribution < 1.29 is 17.8 Å². The molecule has 0 saturated carbocycles. The van der Waals surface area contributed by atoms with Crippen molar-refractivity contribution in [1.29, 1.82) is 0 Å². The van der Waals surface area contributed by atoms with E-state index >= 15 is 0 Å². The molecule has 0 heterocycles. The number of hydrogen-bond acceptors (Lipinski definition) is 5. The lowest BCUT2D eigenvalue weighted by atomic mass is 10.2. The number of aliphatic imine (C=N–C) groups is 1. The molecule has 3 rings (SSSR count). The summed E-state index contributed by atoms with van der Waals surface area (Å²) in [6.45, 7) is 0.230. The highest BCUT2D eigenvalue weighted by Gasteiger charge is 2.25. The molecule has 0 unspecified atom stereocenters. The van der Waals surface area contributed by atoms with Gasteiger partial charge in [0.1, 0.15) is 0 Å². The first-order valence-corrected chi connectivity index (χ1v) is 12.5. The summed E-state index contributed by atoms with van der Waals surface area (Å²) in [7, 11) is -6.36. The summed E-state index contributed by atoms with van der Waals surface area (Å²) in [5, 5.41) is 1.09. The summed E-state index contributed by atoms with van der Waals surface area (Å²) in [4.78, 5) is 19.7. The van der Waals surface area contributed by atoms with Crippen LogP contribution in [0.3, 0.4) is 0 Å². The van der Waals surface area contributed by atoms with Crippen LogP contribution in [0.1, 0.15) is 5.56 Å². The summed E-state index contributed by atoms with van der Waals surface area (Å²) in [6.07, 6.45) is 2.56. The third kappa shape index (κ3) is 6.78. The molecule has 0 radical (unpaired) electrons. The van der Waals surface area contributed by atoms with Crippen molar-refractivity contribution >= 4 is 33.8 Å². The summed E-state index contributed by atoms with van der Waals surface area (Å²) in [5.41, 5.74) is 9.39. The van der Waals surface area contributed by atoms with Crippen LogP contribution in [0.4, 0.5) is 0 Å². The van der Waals surface area contributed by atoms with Gasteiger partial charge in [0.25, 0.3) is 0 Å². The lowest BCUT2D eigenvalue weighted by molar-refractivity contribution is 0.562. The van der Waals surface area contributed by atoms with E-state index in [4.69, 9.17) is 5.53 Å². The zero-order chi connectivity index (χ0) is 22.7. The van der Waals surface area contributed by atoms with E-state index in [9.17, 15) is 17.8 Å². The maximum absolute atomic E-state index is 12.8. The number of hydrogen-bond donors (Lipinski definition) is 0. The fourth-order valence-electron chi connectivity index (χ4n) is 2.53. The Morgan fingerprint density at radius 3 is 1.77 bits per heavy atom. The first-order valence-electron chi connectivity index (χ1n) is 8.92. The van der Waals surface area contributed by atoms with E-state index in [0.717, 1.165) is 11.8 Å². The number of isocyanates is 1. The quantitative estimate of drug-likeness (QED) is 0.138. The first kappa shape index (κ1) is 23.8. The Morgan fingerprint density at radius 1 is 0.903 bits per heavy atom. The van der Waals surface area contributed by atoms with Gasteiger partial charge < -0.3 is 4.57 Å². The largest absolute Gasteiger partial charge is 0.307 e. The number of rotatable bonds is 6. The Balaban J connectivity index is 0.000000225. The second-order valence-electron chi connectivity index (χ2n) is 6.25. The SMILES string of the molecule is CS(=O)(=O)c1ccc(CN=C=O)cc1.[N-]=[N+]=NP(=O)(c1ccccc1)c1ccccc1. The maximum Gasteiger partial charge on any atom is 0.235 e. The van der Waals surface area contributed by atoms with Gasteiger partial charge in [-0.25, -0.2) is 18.2 Å². The standard InChI is InChI=1S/C12H10N3OP.C9H9NO3S/c13-14-15-17(16,11-7-3-1-4-8-11)12-9-5-2-6-10-12;1-14(12,13)9-4-2-8(3-5-9)6-10-7-11/h1-10H;2-5H,6H2,1H3. The normalized spacial score (nSPS) is 10.6. The molecule has 0 atom stereocenters. The summed E-state index contributed by atoms with van der Waals surface area (Å²) in [5.74, 6) is 0. The average molecular weight is 454 g/mol. The molecule has 0 aromatic heterocycles. The van der Waals surface area contributed by atoms with Crippen LogP contribution in [0.25, 0.3) is 10.4 Å². The lowest BCUT2D eigenvalue weighted by Gasteiger charge is -2.12. The van der Waals surface area contributed by atoms with Gasteiger partial charge in [0, 0.05) is 21.8 Å². The number of nitrogens with zero attached hydrogens (tertiary/aromatic N) is 4. The third-order valence-corrected chi connectivity index (χ3v) is 7.51. The highest BCUT2D eigenvalue weighted by atomic mass is 32.2. The number of carbonyl (C=O) groups excluding carboxylic acids is 1. The van der Waals surface area contributed by atoms with E-state index in [2.05, 4.69) is 14.8 Å². The lowest BCUT2D eigenvalue weighted by Crippen LogP contribution is -2.13. The fourth-order valence-corrected chi connectivity index (χ4v) is 4.93. The molecule has 3 aromatic carbocycles. The smallest absolute Gasteiger partial charge is 0.235 e. The number of sulfone groups is 1. The molecular weight excluding hydrogens is 435 g/mol. The van der Waals surface area contributed by atoms with Gasteiger partial charge in [-0.15, -0.1) is 0 Å². The molecule has 0 fully saturated rings. The van der Waals surface area contributed by atoms with Crippen LogP contribution in [0.15, 0.2) is 99.7 Å². The van der Waals surface area contributed by atoms with Gasteiger partial charge in [0.15, 0.2) is 9.84 Å². The minimum absolute atomic E-state index is 0.230. The predicted octanol–water partition coefficient (Wildman–Crippen LogP) is 4.15. The summed E-state index contributed by atoms with van der Waals surface area (Å²) < 4.78 is 34.9. The molecule has 0 spiro atoms. The van der Waals surface area contributed by atoms with Gasteiger partial charge in [-0.05, 0) is 28.1 Å². The van der Waals surface area contributed by atoms with Gasteiger partial charge in [-0.2, -0.15) is 0 Å². The molecule has 0 saturated heterocycles. The predicted molar refractivity (Wildman–Crippen MR) is 120 cm³/mol. The summed E-state index contributed by atoms with van der Waals surface area (Å²) in [6, 6.07) is 23.8. The van der Waals surface area contributed by atoms with Gasteiger partial charge in [-0.3, -0.25) is 0 Å². The Bertz CT molecular complexity index is 1210. The molecular formula is C21H19N4O4PS. The maximum atomic E-state index is 12.8. The van der Waals surface area contributed by atoms with Crippen LogP contribution < -0.4 is 10.6 Å². The Morgan fingerprint density at radius 2 is 1.39 bits per heavy atom. The molecule has 0 aliphatic heterocycles. The average Bonchev–Trinajstić information content (AvgIpc) is 2.79. The summed E-state index contributed by atoms with van der Waals surface area (Å²) >= 11 is 0. The third-order valence-electron chi connectivity index (χ3n) is 4.06. The molecule has 0 aliphatic carbocycles. The molecule has 0 N–H and O–H groups in total. The van der Waals surface area contributed by atoms with Gasteiger partial charge in [-0.1, -0.05) is 72.8 Å². The molecule has 8 nitrogen and oxygen atoms in total. The molecule has 3 aromatic rings. The molecule has 158 valence electrons. The monoisotopic (exact) mass is 454 g/mol. The van der Waals surface area contributed by atoms with Crippen LogP contribution in [0.2, 0.25) is 0 Å². The van der Waals surface area contributed by atoms with Crippen molar-refractivity contribution in [3.8, 4) is 0 Å². The van der Waals surface area contributed by atoms with Gasteiger partial charge >= 0.3 is 0 Å². The van der Waals surface area contributed by atoms with Crippen LogP contribution in [0.5, 0.6) is 0 Å².